The van der Waals surface area contributed by atoms with Crippen molar-refractivity contribution >= 4 is 5.91 Å². The van der Waals surface area contributed by atoms with E-state index in [4.69, 9.17) is 0 Å². The van der Waals surface area contributed by atoms with Crippen LogP contribution in [0.4, 0.5) is 17.6 Å². The molecule has 0 spiro atoms. The molecule has 0 unspecified atom stereocenters. The van der Waals surface area contributed by atoms with Gasteiger partial charge in [-0.25, -0.2) is 8.78 Å². The van der Waals surface area contributed by atoms with Gasteiger partial charge in [0, 0.05) is 12.6 Å². The average Bonchev–Trinajstić information content (AvgIpc) is 3.00. The van der Waals surface area contributed by atoms with Crippen LogP contribution in [0.25, 0.3) is 0 Å². The second-order valence-corrected chi connectivity index (χ2v) is 3.76. The molecule has 0 aromatic carbocycles. The smallest absolute Gasteiger partial charge is 0.351 e. The molecule has 0 radical (unpaired) electrons. The highest BCUT2D eigenvalue weighted by atomic mass is 19.3. The number of nitrogens with one attached hydrogen (secondary N) is 2. The van der Waals surface area contributed by atoms with E-state index in [0.717, 1.165) is 12.8 Å². The molecule has 1 aliphatic rings. The Morgan fingerprint density at radius 2 is 1.94 bits per heavy atom. The lowest BCUT2D eigenvalue weighted by molar-refractivity contribution is -0.169. The number of carbonyl (C=O) groups is 1. The summed E-state index contributed by atoms with van der Waals surface area (Å²) in [6.45, 7) is 0.562. The summed E-state index contributed by atoms with van der Waals surface area (Å²) in [5.41, 5.74) is 0. The predicted molar refractivity (Wildman–Crippen MR) is 49.6 cm³/mol. The third kappa shape index (κ3) is 3.96. The van der Waals surface area contributed by atoms with Gasteiger partial charge in [-0.2, -0.15) is 8.78 Å². The molecule has 0 heterocycles. The zero-order valence-corrected chi connectivity index (χ0v) is 8.61. The molecule has 1 aliphatic carbocycles. The van der Waals surface area contributed by atoms with Crippen molar-refractivity contribution in [2.75, 3.05) is 13.1 Å². The van der Waals surface area contributed by atoms with E-state index >= 15 is 0 Å². The summed E-state index contributed by atoms with van der Waals surface area (Å²) in [6.07, 6.45) is -1.30. The predicted octanol–water partition coefficient (Wildman–Crippen LogP) is 1.15. The van der Waals surface area contributed by atoms with Crippen molar-refractivity contribution in [3.8, 4) is 0 Å². The lowest BCUT2D eigenvalue weighted by Crippen LogP contribution is -2.45. The Morgan fingerprint density at radius 3 is 2.44 bits per heavy atom. The van der Waals surface area contributed by atoms with Crippen LogP contribution >= 0.6 is 0 Å². The van der Waals surface area contributed by atoms with E-state index in [-0.39, 0.29) is 6.54 Å². The molecule has 2 N–H and O–H groups in total. The molecule has 0 atom stereocenters. The first-order chi connectivity index (χ1) is 7.44. The molecule has 0 aliphatic heterocycles. The van der Waals surface area contributed by atoms with Gasteiger partial charge in [-0.3, -0.25) is 4.79 Å². The van der Waals surface area contributed by atoms with E-state index in [9.17, 15) is 22.4 Å². The summed E-state index contributed by atoms with van der Waals surface area (Å²) in [4.78, 5) is 10.7. The van der Waals surface area contributed by atoms with Crippen LogP contribution in [0.3, 0.4) is 0 Å². The molecule has 16 heavy (non-hydrogen) atoms. The molecular weight excluding hydrogens is 228 g/mol. The Bertz CT molecular complexity index is 244. The van der Waals surface area contributed by atoms with E-state index < -0.39 is 18.3 Å². The van der Waals surface area contributed by atoms with Crippen molar-refractivity contribution in [3.05, 3.63) is 0 Å². The molecule has 0 aromatic heterocycles. The topological polar surface area (TPSA) is 41.1 Å². The molecule has 3 nitrogen and oxygen atoms in total. The maximum Gasteiger partial charge on any atom is 0.383 e. The van der Waals surface area contributed by atoms with Gasteiger partial charge in [0.1, 0.15) is 0 Å². The second-order valence-electron chi connectivity index (χ2n) is 3.76. The van der Waals surface area contributed by atoms with Gasteiger partial charge in [-0.15, -0.1) is 0 Å². The average molecular weight is 242 g/mol. The van der Waals surface area contributed by atoms with Crippen LogP contribution in [-0.4, -0.2) is 37.4 Å². The highest BCUT2D eigenvalue weighted by Gasteiger charge is 2.48. The molecule has 1 amide bonds. The number of amides is 1. The van der Waals surface area contributed by atoms with E-state index in [1.165, 1.54) is 0 Å². The molecule has 7 heteroatoms. The molecule has 0 aromatic rings. The van der Waals surface area contributed by atoms with Crippen molar-refractivity contribution in [1.29, 1.82) is 0 Å². The maximum atomic E-state index is 12.4. The standard InChI is InChI=1S/C9H14F4N2O/c10-7(11)9(12,13)8(16)15-5-1-4-14-6-2-3-6/h6-7,14H,1-5H2,(H,15,16). The van der Waals surface area contributed by atoms with E-state index in [1.807, 2.05) is 0 Å². The molecule has 1 saturated carbocycles. The number of alkyl halides is 4. The van der Waals surface area contributed by atoms with Crippen LogP contribution < -0.4 is 10.6 Å². The van der Waals surface area contributed by atoms with Gasteiger partial charge < -0.3 is 10.6 Å². The minimum atomic E-state index is -4.59. The summed E-state index contributed by atoms with van der Waals surface area (Å²) in [5, 5.41) is 4.89. The minimum Gasteiger partial charge on any atom is -0.351 e. The van der Waals surface area contributed by atoms with E-state index in [1.54, 1.807) is 5.32 Å². The Hall–Kier alpha value is -0.850. The van der Waals surface area contributed by atoms with Crippen molar-refractivity contribution in [1.82, 2.24) is 10.6 Å². The third-order valence-corrected chi connectivity index (χ3v) is 2.23. The van der Waals surface area contributed by atoms with Crippen LogP contribution in [-0.2, 0) is 4.79 Å². The van der Waals surface area contributed by atoms with Crippen LogP contribution in [0.15, 0.2) is 0 Å². The highest BCUT2D eigenvalue weighted by Crippen LogP contribution is 2.22. The maximum absolute atomic E-state index is 12.4. The second kappa shape index (κ2) is 5.47. The Morgan fingerprint density at radius 1 is 1.31 bits per heavy atom. The summed E-state index contributed by atoms with van der Waals surface area (Å²) < 4.78 is 48.3. The van der Waals surface area contributed by atoms with Gasteiger partial charge >= 0.3 is 12.3 Å². The monoisotopic (exact) mass is 242 g/mol. The van der Waals surface area contributed by atoms with E-state index in [2.05, 4.69) is 5.32 Å². The fourth-order valence-corrected chi connectivity index (χ4v) is 1.10. The summed E-state index contributed by atoms with van der Waals surface area (Å²) in [6, 6.07) is 0.498. The van der Waals surface area contributed by atoms with Gasteiger partial charge in [0.15, 0.2) is 0 Å². The number of halogens is 4. The van der Waals surface area contributed by atoms with Gasteiger partial charge in [-0.05, 0) is 25.8 Å². The number of rotatable bonds is 7. The molecule has 94 valence electrons. The Balaban J connectivity index is 2.08. The first-order valence-corrected chi connectivity index (χ1v) is 5.12. The highest BCUT2D eigenvalue weighted by molar-refractivity contribution is 5.83. The number of hydrogen-bond acceptors (Lipinski definition) is 2. The fraction of sp³-hybridized carbons (Fsp3) is 0.889. The first-order valence-electron chi connectivity index (χ1n) is 5.12. The summed E-state index contributed by atoms with van der Waals surface area (Å²) >= 11 is 0. The summed E-state index contributed by atoms with van der Waals surface area (Å²) in [7, 11) is 0. The van der Waals surface area contributed by atoms with Crippen LogP contribution in [0, 0.1) is 0 Å². The van der Waals surface area contributed by atoms with Gasteiger partial charge in [-0.1, -0.05) is 0 Å². The van der Waals surface area contributed by atoms with Crippen molar-refractivity contribution < 1.29 is 22.4 Å². The molecule has 1 rings (SSSR count). The Kier molecular flexibility index (Phi) is 4.52. The van der Waals surface area contributed by atoms with Crippen molar-refractivity contribution in [2.45, 2.75) is 37.7 Å². The van der Waals surface area contributed by atoms with Crippen LogP contribution in [0.1, 0.15) is 19.3 Å². The quantitative estimate of drug-likeness (QED) is 0.519. The SMILES string of the molecule is O=C(NCCCNC1CC1)C(F)(F)C(F)F. The van der Waals surface area contributed by atoms with Gasteiger partial charge in [0.2, 0.25) is 0 Å². The molecular formula is C9H14F4N2O. The lowest BCUT2D eigenvalue weighted by Gasteiger charge is -2.14. The molecule has 0 saturated heterocycles. The first kappa shape index (κ1) is 13.2. The van der Waals surface area contributed by atoms with Gasteiger partial charge in [0.05, 0.1) is 0 Å². The van der Waals surface area contributed by atoms with Gasteiger partial charge in [0.25, 0.3) is 5.91 Å². The minimum absolute atomic E-state index is 0.0269. The number of carbonyl (C=O) groups excluding carboxylic acids is 1. The summed E-state index contributed by atoms with van der Waals surface area (Å²) in [5.74, 6) is -6.50. The van der Waals surface area contributed by atoms with Crippen LogP contribution in [0.5, 0.6) is 0 Å². The van der Waals surface area contributed by atoms with Crippen LogP contribution in [0.2, 0.25) is 0 Å². The van der Waals surface area contributed by atoms with Crippen molar-refractivity contribution in [2.24, 2.45) is 0 Å². The Labute approximate surface area is 90.6 Å². The molecule has 0 bridgehead atoms. The molecule has 1 fully saturated rings. The zero-order chi connectivity index (χ0) is 12.2. The normalized spacial score (nSPS) is 16.6. The number of hydrogen-bond donors (Lipinski definition) is 2. The van der Waals surface area contributed by atoms with E-state index in [0.29, 0.717) is 19.0 Å². The fourth-order valence-electron chi connectivity index (χ4n) is 1.10. The zero-order valence-electron chi connectivity index (χ0n) is 8.61. The third-order valence-electron chi connectivity index (χ3n) is 2.23. The van der Waals surface area contributed by atoms with Crippen molar-refractivity contribution in [3.63, 3.8) is 0 Å². The largest absolute Gasteiger partial charge is 0.383 e. The lowest BCUT2D eigenvalue weighted by atomic mass is 10.3.